The predicted octanol–water partition coefficient (Wildman–Crippen LogP) is -1.64. The van der Waals surface area contributed by atoms with E-state index >= 15 is 0 Å². The van der Waals surface area contributed by atoms with E-state index in [1.54, 1.807) is 6.92 Å². The molecule has 0 aromatic heterocycles. The fourth-order valence-electron chi connectivity index (χ4n) is 6.37. The highest BCUT2D eigenvalue weighted by molar-refractivity contribution is 6.32. The van der Waals surface area contributed by atoms with Crippen LogP contribution >= 0.6 is 0 Å². The molecule has 0 bridgehead atoms. The van der Waals surface area contributed by atoms with E-state index in [2.05, 4.69) is 5.32 Å². The highest BCUT2D eigenvalue weighted by atomic mass is 16.3. The topological polar surface area (TPSA) is 204 Å². The number of anilines is 1. The molecule has 0 heterocycles. The molecule has 0 saturated heterocycles. The van der Waals surface area contributed by atoms with Gasteiger partial charge in [-0.15, -0.1) is 0 Å². The Morgan fingerprint density at radius 1 is 1.11 bits per heavy atom. The number of Topliss-reactive ketones (excluding diaryl/α,β-unsaturated/α-hetero) is 4. The Kier molecular flexibility index (Phi) is 5.90. The summed E-state index contributed by atoms with van der Waals surface area (Å²) >= 11 is 0. The van der Waals surface area contributed by atoms with E-state index in [1.807, 2.05) is 0 Å². The monoisotopic (exact) mass is 501 g/mol. The molecule has 12 nitrogen and oxygen atoms in total. The number of carbonyl (C=O) groups excluding carboxylic acids is 6. The van der Waals surface area contributed by atoms with Crippen LogP contribution in [0.15, 0.2) is 12.1 Å². The van der Waals surface area contributed by atoms with Gasteiger partial charge in [-0.25, -0.2) is 0 Å². The number of hydrogen-bond donors (Lipinski definition) is 5. The van der Waals surface area contributed by atoms with Gasteiger partial charge in [0.25, 0.3) is 0 Å². The Morgan fingerprint density at radius 3 is 2.25 bits per heavy atom. The van der Waals surface area contributed by atoms with Gasteiger partial charge in [0.1, 0.15) is 5.75 Å². The standard InChI is InChI=1S/C24H27N3O9/c1-7-11-9(26-8(2)28)5-6-10(29)13(11)18(30)14-12(7)19(31)16-17(27(3)4)20(32)15(23(25)35)22(34)24(16,36)21(14)33/h5-7,12,14-17,19,29,31,36H,1-4H3,(H2,25,35)(H,26,28). The van der Waals surface area contributed by atoms with E-state index in [-0.39, 0.29) is 16.8 Å². The van der Waals surface area contributed by atoms with Gasteiger partial charge in [-0.2, -0.15) is 0 Å². The first kappa shape index (κ1) is 25.6. The molecular weight excluding hydrogens is 474 g/mol. The average molecular weight is 501 g/mol. The lowest BCUT2D eigenvalue weighted by Crippen LogP contribution is -2.77. The van der Waals surface area contributed by atoms with Gasteiger partial charge in [0.05, 0.1) is 29.5 Å². The number of likely N-dealkylation sites (N-methyl/N-ethyl adjacent to an activating group) is 1. The van der Waals surface area contributed by atoms with E-state index in [1.165, 1.54) is 32.0 Å². The number of primary amides is 1. The number of rotatable bonds is 3. The Labute approximate surface area is 205 Å². The SMILES string of the molecule is CC(=O)Nc1ccc(O)c2c1C(C)C1C(C2=O)C(=O)C2(O)C(=O)C(C(N)=O)C(=O)C(N(C)C)C2C1O. The molecule has 0 aliphatic heterocycles. The van der Waals surface area contributed by atoms with Crippen molar-refractivity contribution >= 4 is 40.6 Å². The summed E-state index contributed by atoms with van der Waals surface area (Å²) in [4.78, 5) is 78.9. The number of amides is 2. The molecule has 1 aromatic carbocycles. The molecule has 0 spiro atoms. The number of carbonyl (C=O) groups is 6. The quantitative estimate of drug-likeness (QED) is 0.236. The molecule has 36 heavy (non-hydrogen) atoms. The highest BCUT2D eigenvalue weighted by Crippen LogP contribution is 2.55. The molecule has 2 amide bonds. The van der Waals surface area contributed by atoms with Crippen LogP contribution in [0.2, 0.25) is 0 Å². The van der Waals surface area contributed by atoms with E-state index in [4.69, 9.17) is 5.73 Å². The van der Waals surface area contributed by atoms with Crippen LogP contribution in [0.4, 0.5) is 5.69 Å². The lowest BCUT2D eigenvalue weighted by atomic mass is 9.49. The minimum absolute atomic E-state index is 0.179. The van der Waals surface area contributed by atoms with Crippen LogP contribution in [0.25, 0.3) is 0 Å². The molecule has 3 aliphatic rings. The van der Waals surface area contributed by atoms with E-state index in [0.29, 0.717) is 0 Å². The molecule has 2 fully saturated rings. The molecule has 0 radical (unpaired) electrons. The first-order valence-electron chi connectivity index (χ1n) is 11.3. The molecular formula is C24H27N3O9. The summed E-state index contributed by atoms with van der Waals surface area (Å²) in [5.74, 6) is -14.7. The summed E-state index contributed by atoms with van der Waals surface area (Å²) in [5.41, 5.74) is 2.30. The zero-order chi connectivity index (χ0) is 27.0. The van der Waals surface area contributed by atoms with Crippen LogP contribution in [0.3, 0.4) is 0 Å². The van der Waals surface area contributed by atoms with Crippen molar-refractivity contribution in [3.8, 4) is 5.75 Å². The third-order valence-electron chi connectivity index (χ3n) is 7.78. The molecule has 1 aromatic rings. The number of nitrogens with two attached hydrogens (primary N) is 1. The van der Waals surface area contributed by atoms with Crippen molar-refractivity contribution in [1.29, 1.82) is 0 Å². The molecule has 12 heteroatoms. The lowest BCUT2D eigenvalue weighted by molar-refractivity contribution is -0.196. The fraction of sp³-hybridized carbons (Fsp3) is 0.500. The maximum atomic E-state index is 13.8. The first-order chi connectivity index (χ1) is 16.7. The van der Waals surface area contributed by atoms with Gasteiger partial charge in [0.15, 0.2) is 34.7 Å². The third kappa shape index (κ3) is 3.18. The summed E-state index contributed by atoms with van der Waals surface area (Å²) in [6.07, 6.45) is -1.74. The molecule has 2 saturated carbocycles. The summed E-state index contributed by atoms with van der Waals surface area (Å²) in [6.45, 7) is 2.81. The van der Waals surface area contributed by atoms with Crippen molar-refractivity contribution in [2.45, 2.75) is 37.5 Å². The highest BCUT2D eigenvalue weighted by Gasteiger charge is 2.73. The number of benzene rings is 1. The number of phenolic OH excluding ortho intramolecular Hbond substituents is 1. The third-order valence-corrected chi connectivity index (χ3v) is 7.78. The van der Waals surface area contributed by atoms with Crippen molar-refractivity contribution in [3.05, 3.63) is 23.3 Å². The van der Waals surface area contributed by atoms with Crippen molar-refractivity contribution in [2.75, 3.05) is 19.4 Å². The Hall–Kier alpha value is -3.48. The average Bonchev–Trinajstić information content (AvgIpc) is 2.76. The van der Waals surface area contributed by atoms with Gasteiger partial charge in [-0.05, 0) is 37.7 Å². The second kappa shape index (κ2) is 8.29. The van der Waals surface area contributed by atoms with E-state index in [9.17, 15) is 44.1 Å². The van der Waals surface area contributed by atoms with Gasteiger partial charge in [-0.1, -0.05) is 6.92 Å². The number of phenols is 1. The molecule has 4 rings (SSSR count). The normalized spacial score (nSPS) is 35.7. The molecule has 8 atom stereocenters. The number of aliphatic hydroxyl groups is 2. The molecule has 192 valence electrons. The number of nitrogens with zero attached hydrogens (tertiary/aromatic N) is 1. The second-order valence-electron chi connectivity index (χ2n) is 9.97. The zero-order valence-electron chi connectivity index (χ0n) is 20.0. The number of aromatic hydroxyl groups is 1. The van der Waals surface area contributed by atoms with E-state index < -0.39 is 88.0 Å². The van der Waals surface area contributed by atoms with Gasteiger partial charge < -0.3 is 26.4 Å². The Balaban J connectivity index is 1.97. The van der Waals surface area contributed by atoms with Crippen LogP contribution in [-0.2, 0) is 24.0 Å². The zero-order valence-corrected chi connectivity index (χ0v) is 20.0. The molecule has 3 aliphatic carbocycles. The van der Waals surface area contributed by atoms with Crippen LogP contribution in [-0.4, -0.2) is 87.0 Å². The number of fused-ring (bicyclic) bond motifs is 3. The molecule has 8 unspecified atom stereocenters. The Morgan fingerprint density at radius 2 is 1.72 bits per heavy atom. The van der Waals surface area contributed by atoms with Crippen LogP contribution in [0.1, 0.15) is 35.7 Å². The number of nitrogens with one attached hydrogen (secondary N) is 1. The van der Waals surface area contributed by atoms with Gasteiger partial charge >= 0.3 is 0 Å². The number of hydrogen-bond acceptors (Lipinski definition) is 10. The minimum atomic E-state index is -3.05. The smallest absolute Gasteiger partial charge is 0.235 e. The maximum absolute atomic E-state index is 13.8. The maximum Gasteiger partial charge on any atom is 0.235 e. The minimum Gasteiger partial charge on any atom is -0.507 e. The van der Waals surface area contributed by atoms with Crippen molar-refractivity contribution in [1.82, 2.24) is 4.90 Å². The summed E-state index contributed by atoms with van der Waals surface area (Å²) in [6, 6.07) is 1.08. The number of ketones is 4. The second-order valence-corrected chi connectivity index (χ2v) is 9.97. The molecule has 6 N–H and O–H groups in total. The van der Waals surface area contributed by atoms with Crippen LogP contribution in [0, 0.1) is 23.7 Å². The number of aliphatic hydroxyl groups excluding tert-OH is 1. The van der Waals surface area contributed by atoms with Gasteiger partial charge in [-0.3, -0.25) is 33.7 Å². The predicted molar refractivity (Wildman–Crippen MR) is 122 cm³/mol. The van der Waals surface area contributed by atoms with Crippen molar-refractivity contribution < 1.29 is 44.1 Å². The van der Waals surface area contributed by atoms with E-state index in [0.717, 1.165) is 6.07 Å². The summed E-state index contributed by atoms with van der Waals surface area (Å²) < 4.78 is 0. The Bertz CT molecular complexity index is 1240. The summed E-state index contributed by atoms with van der Waals surface area (Å²) in [5, 5.41) is 36.2. The summed E-state index contributed by atoms with van der Waals surface area (Å²) in [7, 11) is 2.83. The lowest BCUT2D eigenvalue weighted by Gasteiger charge is -2.56. The van der Waals surface area contributed by atoms with Crippen LogP contribution < -0.4 is 11.1 Å². The first-order valence-corrected chi connectivity index (χ1v) is 11.3. The van der Waals surface area contributed by atoms with Crippen molar-refractivity contribution in [3.63, 3.8) is 0 Å². The largest absolute Gasteiger partial charge is 0.507 e. The fourth-order valence-corrected chi connectivity index (χ4v) is 6.37. The van der Waals surface area contributed by atoms with Crippen LogP contribution in [0.5, 0.6) is 5.75 Å². The van der Waals surface area contributed by atoms with Gasteiger partial charge in [0.2, 0.25) is 11.8 Å². The van der Waals surface area contributed by atoms with Crippen molar-refractivity contribution in [2.24, 2.45) is 29.4 Å². The van der Waals surface area contributed by atoms with Gasteiger partial charge in [0, 0.05) is 18.5 Å².